The van der Waals surface area contributed by atoms with E-state index in [2.05, 4.69) is 16.4 Å². The minimum Gasteiger partial charge on any atom is -0.376 e. The molecule has 3 heterocycles. The monoisotopic (exact) mass is 412 g/mol. The highest BCUT2D eigenvalue weighted by atomic mass is 32.2. The van der Waals surface area contributed by atoms with E-state index < -0.39 is 6.04 Å². The van der Waals surface area contributed by atoms with E-state index >= 15 is 0 Å². The number of benzene rings is 1. The Morgan fingerprint density at radius 2 is 2.24 bits per heavy atom. The second-order valence-electron chi connectivity index (χ2n) is 6.76. The van der Waals surface area contributed by atoms with Gasteiger partial charge < -0.3 is 19.7 Å². The van der Waals surface area contributed by atoms with E-state index in [1.807, 2.05) is 18.2 Å². The van der Waals surface area contributed by atoms with Crippen molar-refractivity contribution in [2.24, 2.45) is 0 Å². The molecule has 150 valence electrons. The van der Waals surface area contributed by atoms with Gasteiger partial charge in [-0.1, -0.05) is 6.07 Å². The second kappa shape index (κ2) is 8.78. The van der Waals surface area contributed by atoms with Crippen LogP contribution in [0.3, 0.4) is 0 Å². The van der Waals surface area contributed by atoms with Crippen molar-refractivity contribution in [2.45, 2.75) is 12.1 Å². The van der Waals surface area contributed by atoms with Crippen molar-refractivity contribution in [2.75, 3.05) is 38.0 Å². The molecule has 2 aliphatic rings. The molecule has 2 saturated heterocycles. The van der Waals surface area contributed by atoms with Crippen LogP contribution in [0.1, 0.15) is 22.0 Å². The number of amides is 2. The summed E-state index contributed by atoms with van der Waals surface area (Å²) in [6, 6.07) is 8.98. The highest BCUT2D eigenvalue weighted by Gasteiger charge is 2.29. The quantitative estimate of drug-likeness (QED) is 0.811. The molecule has 0 bridgehead atoms. The van der Waals surface area contributed by atoms with Gasteiger partial charge >= 0.3 is 0 Å². The Balaban J connectivity index is 1.51. The molecule has 8 nitrogen and oxygen atoms in total. The van der Waals surface area contributed by atoms with Gasteiger partial charge in [-0.2, -0.15) is 5.26 Å². The summed E-state index contributed by atoms with van der Waals surface area (Å²) >= 11 is 1.53. The molecule has 9 heteroatoms. The second-order valence-corrected chi connectivity index (χ2v) is 7.76. The van der Waals surface area contributed by atoms with Gasteiger partial charge in [0, 0.05) is 17.3 Å². The molecule has 2 aromatic rings. The van der Waals surface area contributed by atoms with Crippen molar-refractivity contribution < 1.29 is 19.1 Å². The Morgan fingerprint density at radius 1 is 1.34 bits per heavy atom. The predicted octanol–water partition coefficient (Wildman–Crippen LogP) is 1.48. The van der Waals surface area contributed by atoms with Crippen LogP contribution >= 0.6 is 11.8 Å². The van der Waals surface area contributed by atoms with Gasteiger partial charge in [-0.25, -0.2) is 0 Å². The minimum absolute atomic E-state index is 0.152. The Kier molecular flexibility index (Phi) is 5.94. The number of nitrogens with one attached hydrogen (secondary N) is 1. The first-order chi connectivity index (χ1) is 14.2. The first-order valence-corrected chi connectivity index (χ1v) is 10.5. The van der Waals surface area contributed by atoms with Crippen LogP contribution in [-0.4, -0.2) is 65.7 Å². The van der Waals surface area contributed by atoms with Gasteiger partial charge in [0.1, 0.15) is 12.1 Å². The molecule has 2 aliphatic heterocycles. The van der Waals surface area contributed by atoms with Gasteiger partial charge in [-0.15, -0.1) is 11.8 Å². The van der Waals surface area contributed by atoms with Crippen molar-refractivity contribution in [1.82, 2.24) is 15.2 Å². The number of hydrogen-bond acceptors (Lipinski definition) is 7. The van der Waals surface area contributed by atoms with Gasteiger partial charge in [0.2, 0.25) is 5.91 Å². The molecule has 0 aliphatic carbocycles. The first-order valence-electron chi connectivity index (χ1n) is 9.30. The molecular weight excluding hydrogens is 392 g/mol. The number of fused-ring (bicyclic) bond motifs is 1. The van der Waals surface area contributed by atoms with Crippen molar-refractivity contribution >= 4 is 34.5 Å². The Labute approximate surface area is 172 Å². The molecule has 2 amide bonds. The molecule has 0 radical (unpaired) electrons. The van der Waals surface area contributed by atoms with Crippen LogP contribution in [0.2, 0.25) is 0 Å². The average molecular weight is 412 g/mol. The lowest BCUT2D eigenvalue weighted by Gasteiger charge is -2.23. The number of nitrogens with zero attached hydrogens (tertiary/aromatic N) is 3. The van der Waals surface area contributed by atoms with Crippen LogP contribution in [0.15, 0.2) is 30.5 Å². The number of nitriles is 1. The van der Waals surface area contributed by atoms with E-state index in [0.717, 1.165) is 5.56 Å². The lowest BCUT2D eigenvalue weighted by Crippen LogP contribution is -2.42. The molecule has 2 atom stereocenters. The number of ether oxygens (including phenoxy) is 2. The zero-order valence-corrected chi connectivity index (χ0v) is 16.5. The third kappa shape index (κ3) is 4.19. The molecule has 2 fully saturated rings. The SMILES string of the molecule is N#C[C@@H]1CSCN1C(=O)CNC(=O)c1ccnc2ccc(C3COCCO3)cc12. The zero-order valence-electron chi connectivity index (χ0n) is 15.7. The molecule has 1 N–H and O–H groups in total. The van der Waals surface area contributed by atoms with E-state index in [1.54, 1.807) is 12.3 Å². The van der Waals surface area contributed by atoms with Crippen LogP contribution in [0, 0.1) is 11.3 Å². The number of pyridine rings is 1. The Hall–Kier alpha value is -2.67. The summed E-state index contributed by atoms with van der Waals surface area (Å²) in [5, 5.41) is 12.5. The van der Waals surface area contributed by atoms with Crippen LogP contribution in [0.4, 0.5) is 0 Å². The lowest BCUT2D eigenvalue weighted by atomic mass is 10.0. The standard InChI is InChI=1S/C20H20N4O4S/c21-8-14-11-29-12-24(14)19(25)9-23-20(26)15-3-4-22-17-2-1-13(7-16(15)17)18-10-27-5-6-28-18/h1-4,7,14,18H,5-6,9-12H2,(H,23,26)/t14-,18?/m1/s1. The third-order valence-corrected chi connectivity index (χ3v) is 5.96. The molecule has 0 saturated carbocycles. The fourth-order valence-electron chi connectivity index (χ4n) is 3.39. The minimum atomic E-state index is -0.438. The van der Waals surface area contributed by atoms with Crippen LogP contribution < -0.4 is 5.32 Å². The molecule has 0 spiro atoms. The van der Waals surface area contributed by atoms with E-state index in [0.29, 0.717) is 47.9 Å². The molecule has 1 aromatic carbocycles. The van der Waals surface area contributed by atoms with E-state index in [-0.39, 0.29) is 24.5 Å². The van der Waals surface area contributed by atoms with E-state index in [9.17, 15) is 9.59 Å². The van der Waals surface area contributed by atoms with Crippen molar-refractivity contribution in [1.29, 1.82) is 5.26 Å². The van der Waals surface area contributed by atoms with E-state index in [4.69, 9.17) is 14.7 Å². The number of hydrogen-bond donors (Lipinski definition) is 1. The highest BCUT2D eigenvalue weighted by molar-refractivity contribution is 7.99. The average Bonchev–Trinajstić information content (AvgIpc) is 3.26. The van der Waals surface area contributed by atoms with Gasteiger partial charge in [0.25, 0.3) is 5.91 Å². The number of carbonyl (C=O) groups is 2. The van der Waals surface area contributed by atoms with Crippen LogP contribution in [0.25, 0.3) is 10.9 Å². The van der Waals surface area contributed by atoms with Crippen LogP contribution in [0.5, 0.6) is 0 Å². The summed E-state index contributed by atoms with van der Waals surface area (Å²) in [4.78, 5) is 31.0. The smallest absolute Gasteiger partial charge is 0.252 e. The highest BCUT2D eigenvalue weighted by Crippen LogP contribution is 2.26. The Bertz CT molecular complexity index is 971. The first kappa shape index (κ1) is 19.6. The maximum atomic E-state index is 12.8. The number of rotatable bonds is 4. The number of aromatic nitrogens is 1. The molecule has 4 rings (SSSR count). The largest absolute Gasteiger partial charge is 0.376 e. The number of thioether (sulfide) groups is 1. The molecule has 29 heavy (non-hydrogen) atoms. The van der Waals surface area contributed by atoms with Crippen LogP contribution in [-0.2, 0) is 14.3 Å². The molecular formula is C20H20N4O4S. The van der Waals surface area contributed by atoms with Gasteiger partial charge in [0.05, 0.1) is 49.4 Å². The maximum Gasteiger partial charge on any atom is 0.252 e. The van der Waals surface area contributed by atoms with E-state index in [1.165, 1.54) is 16.7 Å². The predicted molar refractivity (Wildman–Crippen MR) is 107 cm³/mol. The summed E-state index contributed by atoms with van der Waals surface area (Å²) in [5.74, 6) is 0.449. The fourth-order valence-corrected chi connectivity index (χ4v) is 4.49. The molecule has 1 aromatic heterocycles. The normalized spacial score (nSPS) is 21.7. The Morgan fingerprint density at radius 3 is 3.03 bits per heavy atom. The van der Waals surface area contributed by atoms with Crippen molar-refractivity contribution in [3.8, 4) is 6.07 Å². The lowest BCUT2D eigenvalue weighted by molar-refractivity contribution is -0.129. The van der Waals surface area contributed by atoms with Gasteiger partial charge in [-0.05, 0) is 23.8 Å². The summed E-state index contributed by atoms with van der Waals surface area (Å²) < 4.78 is 11.2. The number of carbonyl (C=O) groups excluding carboxylic acids is 2. The fraction of sp³-hybridized carbons (Fsp3) is 0.400. The van der Waals surface area contributed by atoms with Gasteiger partial charge in [-0.3, -0.25) is 14.6 Å². The zero-order chi connectivity index (χ0) is 20.2. The van der Waals surface area contributed by atoms with Crippen molar-refractivity contribution in [3.63, 3.8) is 0 Å². The third-order valence-electron chi connectivity index (χ3n) is 4.95. The summed E-state index contributed by atoms with van der Waals surface area (Å²) in [5.41, 5.74) is 2.04. The summed E-state index contributed by atoms with van der Waals surface area (Å²) in [6.45, 7) is 1.43. The topological polar surface area (TPSA) is 105 Å². The maximum absolute atomic E-state index is 12.8. The molecule has 1 unspecified atom stereocenters. The summed E-state index contributed by atoms with van der Waals surface area (Å²) in [6.07, 6.45) is 1.39. The van der Waals surface area contributed by atoms with Crippen molar-refractivity contribution in [3.05, 3.63) is 41.6 Å². The van der Waals surface area contributed by atoms with Gasteiger partial charge in [0.15, 0.2) is 0 Å². The summed E-state index contributed by atoms with van der Waals surface area (Å²) in [7, 11) is 0.